The second-order valence-corrected chi connectivity index (χ2v) is 8.52. The lowest BCUT2D eigenvalue weighted by molar-refractivity contribution is -0.0702. The van der Waals surface area contributed by atoms with E-state index in [9.17, 15) is 13.5 Å². The van der Waals surface area contributed by atoms with Crippen molar-refractivity contribution in [2.45, 2.75) is 30.6 Å². The van der Waals surface area contributed by atoms with Crippen LogP contribution in [0.25, 0.3) is 0 Å². The van der Waals surface area contributed by atoms with Crippen molar-refractivity contribution in [3.05, 3.63) is 59.7 Å². The fourth-order valence-corrected chi connectivity index (χ4v) is 4.40. The molecule has 2 radical (unpaired) electrons. The maximum atomic E-state index is 11.0. The fourth-order valence-electron chi connectivity index (χ4n) is 3.73. The number of hydrogen-bond acceptors (Lipinski definition) is 5. The largest absolute Gasteiger partial charge is 0.391 e. The van der Waals surface area contributed by atoms with E-state index in [0.29, 0.717) is 24.4 Å². The van der Waals surface area contributed by atoms with Crippen LogP contribution in [0.3, 0.4) is 0 Å². The summed E-state index contributed by atoms with van der Waals surface area (Å²) in [4.78, 5) is 0. The molecule has 1 aliphatic heterocycles. The molecule has 0 aromatic heterocycles. The zero-order valence-corrected chi connectivity index (χ0v) is 18.1. The first-order valence-electron chi connectivity index (χ1n) is 9.55. The number of hydrogen-bond donors (Lipinski definition) is 6. The van der Waals surface area contributed by atoms with Gasteiger partial charge in [0.15, 0.2) is 0 Å². The van der Waals surface area contributed by atoms with Crippen molar-refractivity contribution in [2.75, 3.05) is 22.5 Å². The van der Waals surface area contributed by atoms with Gasteiger partial charge in [-0.3, -0.25) is 18.5 Å². The van der Waals surface area contributed by atoms with Crippen LogP contribution in [0.5, 0.6) is 0 Å². The molecular formula is C19H24BN3O6S2. The Labute approximate surface area is 187 Å². The van der Waals surface area contributed by atoms with Gasteiger partial charge in [-0.2, -0.15) is 0 Å². The first kappa shape index (κ1) is 23.9. The van der Waals surface area contributed by atoms with Crippen LogP contribution in [0.2, 0.25) is 0 Å². The van der Waals surface area contributed by atoms with E-state index in [4.69, 9.17) is 21.7 Å². The van der Waals surface area contributed by atoms with Gasteiger partial charge >= 0.3 is 0 Å². The van der Waals surface area contributed by atoms with Crippen LogP contribution < -0.4 is 14.8 Å². The SMILES string of the molecule is [B]CN[C@@H]1CO[C@H](C(c2ccc(NS(=O)O)cc2)c2ccc(NS(=O)O)cc2)CC1O. The molecule has 31 heavy (non-hydrogen) atoms. The highest BCUT2D eigenvalue weighted by Crippen LogP contribution is 2.35. The summed E-state index contributed by atoms with van der Waals surface area (Å²) in [6.45, 7) is 0.297. The van der Waals surface area contributed by atoms with E-state index in [1.807, 2.05) is 24.3 Å². The summed E-state index contributed by atoms with van der Waals surface area (Å²) >= 11 is -4.34. The number of aliphatic hydroxyl groups is 1. The van der Waals surface area contributed by atoms with Crippen molar-refractivity contribution < 1.29 is 27.4 Å². The number of rotatable bonds is 9. The van der Waals surface area contributed by atoms with Gasteiger partial charge < -0.3 is 15.2 Å². The number of nitrogens with one attached hydrogen (secondary N) is 3. The van der Waals surface area contributed by atoms with Crippen LogP contribution in [0.4, 0.5) is 11.4 Å². The molecule has 2 aromatic carbocycles. The van der Waals surface area contributed by atoms with Crippen LogP contribution >= 0.6 is 0 Å². The van der Waals surface area contributed by atoms with E-state index in [0.717, 1.165) is 11.1 Å². The molecule has 0 saturated carbocycles. The summed E-state index contributed by atoms with van der Waals surface area (Å²) in [6.07, 6.45) is -0.354. The monoisotopic (exact) mass is 465 g/mol. The molecular weight excluding hydrogens is 441 g/mol. The minimum absolute atomic E-state index is 0.237. The van der Waals surface area contributed by atoms with E-state index >= 15 is 0 Å². The molecule has 166 valence electrons. The third-order valence-electron chi connectivity index (χ3n) is 5.13. The Bertz CT molecular complexity index is 843. The van der Waals surface area contributed by atoms with Gasteiger partial charge in [-0.1, -0.05) is 24.3 Å². The minimum Gasteiger partial charge on any atom is -0.391 e. The Morgan fingerprint density at radius 3 is 1.84 bits per heavy atom. The molecule has 5 atom stereocenters. The second-order valence-electron chi connectivity index (χ2n) is 7.11. The Balaban J connectivity index is 1.89. The first-order valence-corrected chi connectivity index (χ1v) is 11.8. The summed E-state index contributed by atoms with van der Waals surface area (Å²) in [5.41, 5.74) is 2.77. The molecule has 12 heteroatoms. The van der Waals surface area contributed by atoms with Gasteiger partial charge in [-0.05, 0) is 41.8 Å². The molecule has 1 heterocycles. The highest BCUT2D eigenvalue weighted by molar-refractivity contribution is 7.80. The minimum atomic E-state index is -2.17. The molecule has 1 fully saturated rings. The van der Waals surface area contributed by atoms with Gasteiger partial charge in [-0.25, -0.2) is 8.42 Å². The van der Waals surface area contributed by atoms with Crippen LogP contribution in [0.15, 0.2) is 48.5 Å². The van der Waals surface area contributed by atoms with Gasteiger partial charge in [-0.15, -0.1) is 0 Å². The molecule has 1 saturated heterocycles. The van der Waals surface area contributed by atoms with Crippen molar-refractivity contribution in [3.63, 3.8) is 0 Å². The van der Waals surface area contributed by atoms with E-state index in [1.54, 1.807) is 24.3 Å². The van der Waals surface area contributed by atoms with Crippen molar-refractivity contribution in [1.29, 1.82) is 0 Å². The fraction of sp³-hybridized carbons (Fsp3) is 0.368. The molecule has 9 nitrogen and oxygen atoms in total. The lowest BCUT2D eigenvalue weighted by Crippen LogP contribution is -2.51. The van der Waals surface area contributed by atoms with Crippen molar-refractivity contribution in [1.82, 2.24) is 5.32 Å². The summed E-state index contributed by atoms with van der Waals surface area (Å²) in [7, 11) is 5.53. The van der Waals surface area contributed by atoms with E-state index in [1.165, 1.54) is 0 Å². The average Bonchev–Trinajstić information content (AvgIpc) is 2.72. The lowest BCUT2D eigenvalue weighted by Gasteiger charge is -2.38. The molecule has 0 spiro atoms. The Kier molecular flexibility index (Phi) is 8.61. The van der Waals surface area contributed by atoms with Crippen molar-refractivity contribution in [3.8, 4) is 0 Å². The predicted octanol–water partition coefficient (Wildman–Crippen LogP) is 1.15. The highest BCUT2D eigenvalue weighted by atomic mass is 32.2. The molecule has 0 bridgehead atoms. The second kappa shape index (κ2) is 11.2. The topological polar surface area (TPSA) is 140 Å². The molecule has 0 aliphatic carbocycles. The van der Waals surface area contributed by atoms with Gasteiger partial charge in [0.25, 0.3) is 22.5 Å². The lowest BCUT2D eigenvalue weighted by atomic mass is 9.82. The molecule has 3 unspecified atom stereocenters. The van der Waals surface area contributed by atoms with Crippen LogP contribution in [0.1, 0.15) is 23.5 Å². The maximum absolute atomic E-state index is 11.0. The number of benzene rings is 2. The standard InChI is InChI=1S/C19H24BN3O6S2/c20-11-21-16-10-29-18(9-17(16)24)19(12-1-5-14(6-2-12)22-30(25)26)13-3-7-15(8-4-13)23-31(27)28/h1-8,16-19,21-24H,9-11H2,(H,25,26)(H,27,28)/t16-,17?,18+/m1/s1. The summed E-state index contributed by atoms with van der Waals surface area (Å²) in [5.74, 6) is -0.240. The molecule has 6 N–H and O–H groups in total. The molecule has 0 amide bonds. The summed E-state index contributed by atoms with van der Waals surface area (Å²) in [5, 5.41) is 13.6. The zero-order chi connectivity index (χ0) is 22.4. The number of anilines is 2. The highest BCUT2D eigenvalue weighted by Gasteiger charge is 2.35. The Morgan fingerprint density at radius 2 is 1.45 bits per heavy atom. The number of aliphatic hydroxyl groups excluding tert-OH is 1. The predicted molar refractivity (Wildman–Crippen MR) is 121 cm³/mol. The summed E-state index contributed by atoms with van der Waals surface area (Å²) < 4.78 is 50.9. The Morgan fingerprint density at radius 1 is 0.968 bits per heavy atom. The zero-order valence-electron chi connectivity index (χ0n) is 16.5. The first-order chi connectivity index (χ1) is 14.9. The normalized spacial score (nSPS) is 24.2. The molecule has 2 aromatic rings. The number of ether oxygens (including phenoxy) is 1. The molecule has 3 rings (SSSR count). The van der Waals surface area contributed by atoms with Crippen molar-refractivity contribution >= 4 is 41.8 Å². The van der Waals surface area contributed by atoms with Gasteiger partial charge in [0, 0.05) is 23.7 Å². The van der Waals surface area contributed by atoms with Gasteiger partial charge in [0.1, 0.15) is 0 Å². The van der Waals surface area contributed by atoms with Crippen LogP contribution in [-0.4, -0.2) is 61.8 Å². The van der Waals surface area contributed by atoms with E-state index < -0.39 is 28.6 Å². The Hall–Kier alpha value is -1.80. The smallest absolute Gasteiger partial charge is 0.259 e. The third kappa shape index (κ3) is 6.59. The van der Waals surface area contributed by atoms with Crippen LogP contribution in [0, 0.1) is 0 Å². The van der Waals surface area contributed by atoms with E-state index in [2.05, 4.69) is 14.8 Å². The molecule has 1 aliphatic rings. The van der Waals surface area contributed by atoms with Gasteiger partial charge in [0.2, 0.25) is 0 Å². The van der Waals surface area contributed by atoms with E-state index in [-0.39, 0.29) is 24.5 Å². The quantitative estimate of drug-likeness (QED) is 0.241. The third-order valence-corrected chi connectivity index (χ3v) is 5.95. The van der Waals surface area contributed by atoms with Crippen molar-refractivity contribution in [2.24, 2.45) is 0 Å². The maximum Gasteiger partial charge on any atom is 0.259 e. The van der Waals surface area contributed by atoms with Crippen LogP contribution in [-0.2, 0) is 27.3 Å². The van der Waals surface area contributed by atoms with Gasteiger partial charge in [0.05, 0.1) is 32.7 Å². The average molecular weight is 465 g/mol. The summed E-state index contributed by atoms with van der Waals surface area (Å²) in [6, 6.07) is 13.8.